The first kappa shape index (κ1) is 10.1. The minimum atomic E-state index is -0.159. The molecule has 2 rings (SSSR count). The van der Waals surface area contributed by atoms with Crippen LogP contribution >= 0.6 is 11.6 Å². The molecule has 1 heterocycles. The van der Waals surface area contributed by atoms with E-state index < -0.39 is 0 Å². The van der Waals surface area contributed by atoms with Crippen LogP contribution in [-0.2, 0) is 0 Å². The lowest BCUT2D eigenvalue weighted by Gasteiger charge is -2.04. The topological polar surface area (TPSA) is 25.8 Å². The number of aromatic nitrogens is 2. The number of alkyl halides is 1. The second kappa shape index (κ2) is 4.41. The number of hydrogen-bond acceptors (Lipinski definition) is 2. The molecule has 0 fully saturated rings. The van der Waals surface area contributed by atoms with Crippen LogP contribution in [0.1, 0.15) is 18.1 Å². The van der Waals surface area contributed by atoms with Gasteiger partial charge in [-0.2, -0.15) is 0 Å². The maximum atomic E-state index is 5.94. The Balaban J connectivity index is 2.42. The summed E-state index contributed by atoms with van der Waals surface area (Å²) < 4.78 is 0. The molecule has 0 aliphatic rings. The van der Waals surface area contributed by atoms with Crippen LogP contribution in [0.15, 0.2) is 42.6 Å². The maximum Gasteiger partial charge on any atom is 0.146 e. The minimum Gasteiger partial charge on any atom is -0.240 e. The Morgan fingerprint density at radius 1 is 1.13 bits per heavy atom. The van der Waals surface area contributed by atoms with Crippen LogP contribution in [0, 0.1) is 0 Å². The molecule has 76 valence electrons. The van der Waals surface area contributed by atoms with Crippen LogP contribution in [-0.4, -0.2) is 9.97 Å². The molecular weight excluding hydrogens is 208 g/mol. The zero-order valence-electron chi connectivity index (χ0n) is 8.39. The summed E-state index contributed by atoms with van der Waals surface area (Å²) in [7, 11) is 0. The van der Waals surface area contributed by atoms with Crippen molar-refractivity contribution in [3.05, 3.63) is 48.4 Å². The van der Waals surface area contributed by atoms with Crippen LogP contribution in [0.2, 0.25) is 0 Å². The van der Waals surface area contributed by atoms with Gasteiger partial charge in [0.15, 0.2) is 0 Å². The summed E-state index contributed by atoms with van der Waals surface area (Å²) in [4.78, 5) is 8.52. The highest BCUT2D eigenvalue weighted by molar-refractivity contribution is 6.20. The van der Waals surface area contributed by atoms with Crippen LogP contribution in [0.5, 0.6) is 0 Å². The third kappa shape index (κ3) is 2.34. The van der Waals surface area contributed by atoms with Gasteiger partial charge in [0, 0.05) is 11.8 Å². The van der Waals surface area contributed by atoms with Gasteiger partial charge in [0.2, 0.25) is 0 Å². The van der Waals surface area contributed by atoms with Gasteiger partial charge in [0.25, 0.3) is 0 Å². The number of hydrogen-bond donors (Lipinski definition) is 0. The van der Waals surface area contributed by atoms with Gasteiger partial charge in [-0.25, -0.2) is 9.97 Å². The zero-order chi connectivity index (χ0) is 10.7. The molecule has 0 bridgehead atoms. The van der Waals surface area contributed by atoms with Crippen LogP contribution in [0.25, 0.3) is 11.3 Å². The average Bonchev–Trinajstić information content (AvgIpc) is 2.30. The number of rotatable bonds is 2. The molecule has 0 aliphatic carbocycles. The Kier molecular flexibility index (Phi) is 2.97. The van der Waals surface area contributed by atoms with E-state index in [1.807, 2.05) is 43.3 Å². The van der Waals surface area contributed by atoms with E-state index in [1.165, 1.54) is 0 Å². The molecular formula is C12H11ClN2. The molecule has 0 radical (unpaired) electrons. The van der Waals surface area contributed by atoms with Crippen molar-refractivity contribution >= 4 is 11.6 Å². The standard InChI is InChI=1S/C12H11ClN2/c1-9(13)12-14-8-7-11(15-12)10-5-3-2-4-6-10/h2-9H,1H3. The average molecular weight is 219 g/mol. The van der Waals surface area contributed by atoms with Crippen LogP contribution < -0.4 is 0 Å². The first-order valence-corrected chi connectivity index (χ1v) is 5.23. The molecule has 1 unspecified atom stereocenters. The van der Waals surface area contributed by atoms with Crippen molar-refractivity contribution in [1.29, 1.82) is 0 Å². The van der Waals surface area contributed by atoms with E-state index in [0.717, 1.165) is 11.3 Å². The Morgan fingerprint density at radius 3 is 2.53 bits per heavy atom. The molecule has 0 aliphatic heterocycles. The van der Waals surface area contributed by atoms with E-state index in [-0.39, 0.29) is 5.38 Å². The predicted molar refractivity (Wildman–Crippen MR) is 61.7 cm³/mol. The summed E-state index contributed by atoms with van der Waals surface area (Å²) in [5, 5.41) is -0.159. The Bertz CT molecular complexity index is 440. The number of nitrogens with zero attached hydrogens (tertiary/aromatic N) is 2. The van der Waals surface area contributed by atoms with Crippen molar-refractivity contribution in [2.75, 3.05) is 0 Å². The molecule has 0 saturated carbocycles. The van der Waals surface area contributed by atoms with Crippen molar-refractivity contribution in [3.63, 3.8) is 0 Å². The largest absolute Gasteiger partial charge is 0.240 e. The molecule has 15 heavy (non-hydrogen) atoms. The molecule has 0 spiro atoms. The van der Waals surface area contributed by atoms with Gasteiger partial charge in [0.1, 0.15) is 5.82 Å². The maximum absolute atomic E-state index is 5.94. The van der Waals surface area contributed by atoms with E-state index in [9.17, 15) is 0 Å². The second-order valence-corrected chi connectivity index (χ2v) is 3.94. The van der Waals surface area contributed by atoms with Crippen molar-refractivity contribution in [3.8, 4) is 11.3 Å². The molecule has 1 aromatic heterocycles. The summed E-state index contributed by atoms with van der Waals surface area (Å²) >= 11 is 5.94. The SMILES string of the molecule is CC(Cl)c1nccc(-c2ccccc2)n1. The van der Waals surface area contributed by atoms with Crippen molar-refractivity contribution in [2.24, 2.45) is 0 Å². The third-order valence-electron chi connectivity index (χ3n) is 2.10. The first-order chi connectivity index (χ1) is 7.27. The van der Waals surface area contributed by atoms with Crippen molar-refractivity contribution in [1.82, 2.24) is 9.97 Å². The number of halogens is 1. The van der Waals surface area contributed by atoms with Gasteiger partial charge in [-0.15, -0.1) is 11.6 Å². The van der Waals surface area contributed by atoms with Crippen molar-refractivity contribution in [2.45, 2.75) is 12.3 Å². The molecule has 1 aromatic carbocycles. The smallest absolute Gasteiger partial charge is 0.146 e. The third-order valence-corrected chi connectivity index (χ3v) is 2.29. The first-order valence-electron chi connectivity index (χ1n) is 4.80. The van der Waals surface area contributed by atoms with E-state index in [2.05, 4.69) is 9.97 Å². The lowest BCUT2D eigenvalue weighted by Crippen LogP contribution is -1.96. The fraction of sp³-hybridized carbons (Fsp3) is 0.167. The highest BCUT2D eigenvalue weighted by atomic mass is 35.5. The predicted octanol–water partition coefficient (Wildman–Crippen LogP) is 3.44. The van der Waals surface area contributed by atoms with Gasteiger partial charge in [-0.1, -0.05) is 30.3 Å². The van der Waals surface area contributed by atoms with Crippen molar-refractivity contribution < 1.29 is 0 Å². The molecule has 0 amide bonds. The van der Waals surface area contributed by atoms with E-state index in [4.69, 9.17) is 11.6 Å². The van der Waals surface area contributed by atoms with Gasteiger partial charge in [-0.05, 0) is 13.0 Å². The van der Waals surface area contributed by atoms with Crippen LogP contribution in [0.3, 0.4) is 0 Å². The molecule has 2 nitrogen and oxygen atoms in total. The molecule has 0 N–H and O–H groups in total. The summed E-state index contributed by atoms with van der Waals surface area (Å²) in [6.07, 6.45) is 1.74. The monoisotopic (exact) mass is 218 g/mol. The summed E-state index contributed by atoms with van der Waals surface area (Å²) in [5.74, 6) is 0.665. The highest BCUT2D eigenvalue weighted by Crippen LogP contribution is 2.19. The molecule has 1 atom stereocenters. The van der Waals surface area contributed by atoms with Crippen LogP contribution in [0.4, 0.5) is 0 Å². The Morgan fingerprint density at radius 2 is 1.87 bits per heavy atom. The van der Waals surface area contributed by atoms with E-state index in [0.29, 0.717) is 5.82 Å². The summed E-state index contributed by atoms with van der Waals surface area (Å²) in [6, 6.07) is 11.9. The Labute approximate surface area is 94.0 Å². The Hall–Kier alpha value is -1.41. The fourth-order valence-electron chi connectivity index (χ4n) is 1.34. The summed E-state index contributed by atoms with van der Waals surface area (Å²) in [5.41, 5.74) is 1.99. The normalized spacial score (nSPS) is 12.4. The minimum absolute atomic E-state index is 0.159. The fourth-order valence-corrected chi connectivity index (χ4v) is 1.44. The van der Waals surface area contributed by atoms with Gasteiger partial charge < -0.3 is 0 Å². The van der Waals surface area contributed by atoms with Gasteiger partial charge in [-0.3, -0.25) is 0 Å². The van der Waals surface area contributed by atoms with Gasteiger partial charge >= 0.3 is 0 Å². The highest BCUT2D eigenvalue weighted by Gasteiger charge is 2.06. The van der Waals surface area contributed by atoms with E-state index in [1.54, 1.807) is 6.20 Å². The molecule has 3 heteroatoms. The summed E-state index contributed by atoms with van der Waals surface area (Å²) in [6.45, 7) is 1.87. The number of benzene rings is 1. The second-order valence-electron chi connectivity index (χ2n) is 3.28. The quantitative estimate of drug-likeness (QED) is 0.722. The van der Waals surface area contributed by atoms with Gasteiger partial charge in [0.05, 0.1) is 11.1 Å². The lowest BCUT2D eigenvalue weighted by molar-refractivity contribution is 0.913. The molecule has 2 aromatic rings. The van der Waals surface area contributed by atoms with E-state index >= 15 is 0 Å². The lowest BCUT2D eigenvalue weighted by atomic mass is 10.1. The zero-order valence-corrected chi connectivity index (χ0v) is 9.15. The molecule has 0 saturated heterocycles.